The third-order valence-electron chi connectivity index (χ3n) is 3.62. The number of methoxy groups -OCH3 is 2. The molecular weight excluding hydrogens is 374 g/mol. The van der Waals surface area contributed by atoms with Crippen LogP contribution in [0.15, 0.2) is 36.4 Å². The van der Waals surface area contributed by atoms with E-state index in [1.165, 1.54) is 32.4 Å². The number of amides is 1. The van der Waals surface area contributed by atoms with Gasteiger partial charge in [0, 0.05) is 5.02 Å². The Morgan fingerprint density at radius 2 is 1.70 bits per heavy atom. The van der Waals surface area contributed by atoms with Crippen molar-refractivity contribution in [3.8, 4) is 5.75 Å². The van der Waals surface area contributed by atoms with E-state index < -0.39 is 17.8 Å². The SMILES string of the molecule is COC(=O)c1ccc(C(=O)OC)c(NC(=O)COc2ccc(Cl)c(C)c2)c1. The molecule has 0 unspecified atom stereocenters. The number of hydrogen-bond donors (Lipinski definition) is 1. The van der Waals surface area contributed by atoms with E-state index in [9.17, 15) is 14.4 Å². The first kappa shape index (κ1) is 20.3. The summed E-state index contributed by atoms with van der Waals surface area (Å²) in [5, 5.41) is 3.13. The van der Waals surface area contributed by atoms with E-state index in [0.29, 0.717) is 10.8 Å². The summed E-state index contributed by atoms with van der Waals surface area (Å²) in [7, 11) is 2.45. The average Bonchev–Trinajstić information content (AvgIpc) is 2.67. The molecule has 0 saturated carbocycles. The molecule has 0 spiro atoms. The lowest BCUT2D eigenvalue weighted by molar-refractivity contribution is -0.118. The molecule has 8 heteroatoms. The van der Waals surface area contributed by atoms with Gasteiger partial charge < -0.3 is 19.5 Å². The van der Waals surface area contributed by atoms with Crippen molar-refractivity contribution in [3.63, 3.8) is 0 Å². The first-order valence-electron chi connectivity index (χ1n) is 7.85. The Hall–Kier alpha value is -3.06. The number of carbonyl (C=O) groups is 3. The molecule has 1 N–H and O–H groups in total. The maximum Gasteiger partial charge on any atom is 0.339 e. The molecule has 2 aromatic carbocycles. The lowest BCUT2D eigenvalue weighted by Crippen LogP contribution is -2.22. The van der Waals surface area contributed by atoms with Crippen LogP contribution in [0.2, 0.25) is 5.02 Å². The second-order valence-electron chi connectivity index (χ2n) is 5.49. The standard InChI is InChI=1S/C19H18ClNO6/c1-11-8-13(5-7-15(11)20)27-10-17(22)21-16-9-12(18(23)25-2)4-6-14(16)19(24)26-3/h4-9H,10H2,1-3H3,(H,21,22). The molecule has 0 aliphatic carbocycles. The number of esters is 2. The summed E-state index contributed by atoms with van der Waals surface area (Å²) < 4.78 is 14.8. The Bertz CT molecular complexity index is 880. The van der Waals surface area contributed by atoms with E-state index in [0.717, 1.165) is 5.56 Å². The minimum absolute atomic E-state index is 0.0980. The van der Waals surface area contributed by atoms with Gasteiger partial charge in [0.25, 0.3) is 5.91 Å². The van der Waals surface area contributed by atoms with E-state index in [-0.39, 0.29) is 23.4 Å². The van der Waals surface area contributed by atoms with Crippen LogP contribution >= 0.6 is 11.6 Å². The molecule has 0 saturated heterocycles. The Morgan fingerprint density at radius 1 is 1.00 bits per heavy atom. The molecule has 7 nitrogen and oxygen atoms in total. The van der Waals surface area contributed by atoms with Gasteiger partial charge in [-0.2, -0.15) is 0 Å². The van der Waals surface area contributed by atoms with Crippen molar-refractivity contribution < 1.29 is 28.6 Å². The summed E-state index contributed by atoms with van der Waals surface area (Å²) in [5.41, 5.74) is 1.20. The van der Waals surface area contributed by atoms with Crippen LogP contribution in [-0.4, -0.2) is 38.7 Å². The number of aryl methyl sites for hydroxylation is 1. The van der Waals surface area contributed by atoms with E-state index >= 15 is 0 Å². The molecule has 0 bridgehead atoms. The van der Waals surface area contributed by atoms with Crippen LogP contribution in [0.25, 0.3) is 0 Å². The number of hydrogen-bond acceptors (Lipinski definition) is 6. The molecule has 0 radical (unpaired) electrons. The van der Waals surface area contributed by atoms with Crippen LogP contribution in [0.5, 0.6) is 5.75 Å². The molecule has 0 aliphatic rings. The van der Waals surface area contributed by atoms with Gasteiger partial charge in [-0.15, -0.1) is 0 Å². The largest absolute Gasteiger partial charge is 0.484 e. The molecule has 27 heavy (non-hydrogen) atoms. The summed E-state index contributed by atoms with van der Waals surface area (Å²) >= 11 is 5.95. The van der Waals surface area contributed by atoms with Crippen molar-refractivity contribution in [2.45, 2.75) is 6.92 Å². The normalized spacial score (nSPS) is 10.1. The molecule has 2 rings (SSSR count). The smallest absolute Gasteiger partial charge is 0.339 e. The molecular formula is C19H18ClNO6. The van der Waals surface area contributed by atoms with Crippen molar-refractivity contribution >= 4 is 35.1 Å². The van der Waals surface area contributed by atoms with Crippen LogP contribution in [0.1, 0.15) is 26.3 Å². The maximum absolute atomic E-state index is 12.2. The highest BCUT2D eigenvalue weighted by Crippen LogP contribution is 2.22. The highest BCUT2D eigenvalue weighted by Gasteiger charge is 2.17. The highest BCUT2D eigenvalue weighted by molar-refractivity contribution is 6.31. The number of ether oxygens (including phenoxy) is 3. The van der Waals surface area contributed by atoms with Crippen molar-refractivity contribution in [1.82, 2.24) is 0 Å². The zero-order valence-corrected chi connectivity index (χ0v) is 15.8. The van der Waals surface area contributed by atoms with Gasteiger partial charge in [0.2, 0.25) is 0 Å². The fourth-order valence-electron chi connectivity index (χ4n) is 2.22. The van der Waals surface area contributed by atoms with Crippen LogP contribution in [0, 0.1) is 6.92 Å². The summed E-state index contributed by atoms with van der Waals surface area (Å²) in [6, 6.07) is 9.12. The van der Waals surface area contributed by atoms with Gasteiger partial charge in [0.15, 0.2) is 6.61 Å². The quantitative estimate of drug-likeness (QED) is 0.760. The van der Waals surface area contributed by atoms with E-state index in [1.54, 1.807) is 18.2 Å². The van der Waals surface area contributed by atoms with Crippen molar-refractivity contribution in [3.05, 3.63) is 58.1 Å². The predicted octanol–water partition coefficient (Wildman–Crippen LogP) is 3.24. The van der Waals surface area contributed by atoms with Crippen LogP contribution in [0.4, 0.5) is 5.69 Å². The van der Waals surface area contributed by atoms with Gasteiger partial charge in [-0.1, -0.05) is 11.6 Å². The number of benzene rings is 2. The lowest BCUT2D eigenvalue weighted by atomic mass is 10.1. The fourth-order valence-corrected chi connectivity index (χ4v) is 2.34. The molecule has 1 amide bonds. The minimum Gasteiger partial charge on any atom is -0.484 e. The van der Waals surface area contributed by atoms with Crippen LogP contribution in [-0.2, 0) is 14.3 Å². The van der Waals surface area contributed by atoms with Crippen LogP contribution < -0.4 is 10.1 Å². The third-order valence-corrected chi connectivity index (χ3v) is 4.04. The van der Waals surface area contributed by atoms with E-state index in [4.69, 9.17) is 16.3 Å². The second kappa shape index (κ2) is 9.05. The summed E-state index contributed by atoms with van der Waals surface area (Å²) in [5.74, 6) is -1.30. The van der Waals surface area contributed by atoms with E-state index in [2.05, 4.69) is 14.8 Å². The maximum atomic E-state index is 12.2. The zero-order valence-electron chi connectivity index (χ0n) is 15.0. The predicted molar refractivity (Wildman–Crippen MR) is 99.4 cm³/mol. The summed E-state index contributed by atoms with van der Waals surface area (Å²) in [6.07, 6.45) is 0. The zero-order chi connectivity index (χ0) is 20.0. The topological polar surface area (TPSA) is 90.9 Å². The van der Waals surface area contributed by atoms with Gasteiger partial charge in [0.05, 0.1) is 31.0 Å². The Balaban J connectivity index is 2.15. The Labute approximate surface area is 161 Å². The van der Waals surface area contributed by atoms with E-state index in [1.807, 2.05) is 6.92 Å². The monoisotopic (exact) mass is 391 g/mol. The number of halogens is 1. The van der Waals surface area contributed by atoms with Crippen molar-refractivity contribution in [2.24, 2.45) is 0 Å². The average molecular weight is 392 g/mol. The van der Waals surface area contributed by atoms with Gasteiger partial charge in [0.1, 0.15) is 5.75 Å². The minimum atomic E-state index is -0.657. The number of carbonyl (C=O) groups excluding carboxylic acids is 3. The van der Waals surface area contributed by atoms with Gasteiger partial charge in [-0.3, -0.25) is 4.79 Å². The van der Waals surface area contributed by atoms with Gasteiger partial charge in [-0.05, 0) is 48.9 Å². The molecule has 142 valence electrons. The number of anilines is 1. The third kappa shape index (κ3) is 5.21. The molecule has 0 heterocycles. The fraction of sp³-hybridized carbons (Fsp3) is 0.211. The Morgan fingerprint density at radius 3 is 2.33 bits per heavy atom. The van der Waals surface area contributed by atoms with Gasteiger partial charge in [-0.25, -0.2) is 9.59 Å². The van der Waals surface area contributed by atoms with Crippen molar-refractivity contribution in [2.75, 3.05) is 26.1 Å². The van der Waals surface area contributed by atoms with Crippen LogP contribution in [0.3, 0.4) is 0 Å². The summed E-state index contributed by atoms with van der Waals surface area (Å²) in [4.78, 5) is 35.8. The molecule has 0 aliphatic heterocycles. The molecule has 0 atom stereocenters. The number of nitrogens with one attached hydrogen (secondary N) is 1. The molecule has 0 fully saturated rings. The number of rotatable bonds is 6. The molecule has 2 aromatic rings. The Kier molecular flexibility index (Phi) is 6.79. The highest BCUT2D eigenvalue weighted by atomic mass is 35.5. The summed E-state index contributed by atoms with van der Waals surface area (Å²) in [6.45, 7) is 1.51. The lowest BCUT2D eigenvalue weighted by Gasteiger charge is -2.12. The first-order chi connectivity index (χ1) is 12.8. The second-order valence-corrected chi connectivity index (χ2v) is 5.90. The first-order valence-corrected chi connectivity index (χ1v) is 8.23. The van der Waals surface area contributed by atoms with Gasteiger partial charge >= 0.3 is 11.9 Å². The molecule has 0 aromatic heterocycles. The van der Waals surface area contributed by atoms with Crippen molar-refractivity contribution in [1.29, 1.82) is 0 Å².